The van der Waals surface area contributed by atoms with E-state index in [0.717, 1.165) is 4.57 Å². The highest BCUT2D eigenvalue weighted by atomic mass is 31.2. The molecule has 1 heterocycles. The van der Waals surface area contributed by atoms with Gasteiger partial charge in [-0.25, -0.2) is 4.79 Å². The van der Waals surface area contributed by atoms with Gasteiger partial charge in [0.05, 0.1) is 12.3 Å². The van der Waals surface area contributed by atoms with Gasteiger partial charge in [-0.1, -0.05) is 6.92 Å². The number of hydrogen-bond acceptors (Lipinski definition) is 4. The van der Waals surface area contributed by atoms with Crippen LogP contribution in [0.3, 0.4) is 0 Å². The molecule has 0 bridgehead atoms. The van der Waals surface area contributed by atoms with Gasteiger partial charge in [0.1, 0.15) is 6.73 Å². The van der Waals surface area contributed by atoms with Gasteiger partial charge in [-0.15, -0.1) is 0 Å². The maximum absolute atomic E-state index is 11.5. The van der Waals surface area contributed by atoms with Crippen molar-refractivity contribution in [2.45, 2.75) is 33.1 Å². The van der Waals surface area contributed by atoms with E-state index in [1.54, 1.807) is 13.8 Å². The van der Waals surface area contributed by atoms with Crippen LogP contribution in [-0.2, 0) is 16.0 Å². The molecule has 0 aliphatic carbocycles. The lowest BCUT2D eigenvalue weighted by molar-refractivity contribution is 0.0130. The van der Waals surface area contributed by atoms with Gasteiger partial charge in [0, 0.05) is 11.8 Å². The molecule has 0 aromatic carbocycles. The number of ether oxygens (including phenoxy) is 1. The molecule has 0 amide bonds. The molecule has 19 heavy (non-hydrogen) atoms. The summed E-state index contributed by atoms with van der Waals surface area (Å²) in [6.07, 6.45) is 0.689. The zero-order valence-corrected chi connectivity index (χ0v) is 11.6. The Labute approximate surface area is 109 Å². The second kappa shape index (κ2) is 6.29. The van der Waals surface area contributed by atoms with Crippen molar-refractivity contribution in [2.75, 3.05) is 6.16 Å². The average molecular weight is 292 g/mol. The van der Waals surface area contributed by atoms with E-state index in [4.69, 9.17) is 14.5 Å². The SMILES string of the molecule is CC[C@H](CP(=O)(O)O)OCn1cc(C)c(=O)[nH]c1=O. The van der Waals surface area contributed by atoms with Crippen molar-refractivity contribution >= 4 is 7.60 Å². The van der Waals surface area contributed by atoms with E-state index in [0.29, 0.717) is 12.0 Å². The molecule has 0 saturated carbocycles. The van der Waals surface area contributed by atoms with Crippen molar-refractivity contribution in [1.29, 1.82) is 0 Å². The molecule has 0 spiro atoms. The minimum atomic E-state index is -4.16. The fourth-order valence-corrected chi connectivity index (χ4v) is 2.36. The number of nitrogens with zero attached hydrogens (tertiary/aromatic N) is 1. The Morgan fingerprint density at radius 3 is 2.63 bits per heavy atom. The first-order chi connectivity index (χ1) is 8.73. The smallest absolute Gasteiger partial charge is 0.330 e. The minimum Gasteiger partial charge on any atom is -0.357 e. The van der Waals surface area contributed by atoms with Crippen molar-refractivity contribution in [3.05, 3.63) is 32.6 Å². The summed E-state index contributed by atoms with van der Waals surface area (Å²) in [7, 11) is -4.16. The molecule has 9 heteroatoms. The second-order valence-electron chi connectivity index (χ2n) is 4.21. The standard InChI is InChI=1S/C10H17N2O6P/c1-3-8(5-19(15,16)17)18-6-12-4-7(2)9(13)11-10(12)14/h4,8H,3,5-6H2,1-2H3,(H,11,13,14)(H2,15,16,17)/t8-/m1/s1. The van der Waals surface area contributed by atoms with E-state index in [1.165, 1.54) is 6.20 Å². The summed E-state index contributed by atoms with van der Waals surface area (Å²) in [6, 6.07) is 0. The van der Waals surface area contributed by atoms with Crippen LogP contribution in [0.25, 0.3) is 0 Å². The van der Waals surface area contributed by atoms with Crippen molar-refractivity contribution in [3.8, 4) is 0 Å². The Hall–Kier alpha value is -1.21. The van der Waals surface area contributed by atoms with Crippen LogP contribution in [0, 0.1) is 6.92 Å². The van der Waals surface area contributed by atoms with Crippen LogP contribution >= 0.6 is 7.60 Å². The normalized spacial score (nSPS) is 13.5. The van der Waals surface area contributed by atoms with Crippen LogP contribution in [0.2, 0.25) is 0 Å². The average Bonchev–Trinajstić information content (AvgIpc) is 2.28. The molecular formula is C10H17N2O6P. The Balaban J connectivity index is 2.76. The number of aromatic amines is 1. The molecule has 1 rings (SSSR count). The molecule has 8 nitrogen and oxygen atoms in total. The first-order valence-electron chi connectivity index (χ1n) is 5.69. The first-order valence-corrected chi connectivity index (χ1v) is 7.49. The second-order valence-corrected chi connectivity index (χ2v) is 5.91. The molecule has 0 unspecified atom stereocenters. The number of nitrogens with one attached hydrogen (secondary N) is 1. The predicted octanol–water partition coefficient (Wildman–Crippen LogP) is -0.225. The maximum Gasteiger partial charge on any atom is 0.330 e. The van der Waals surface area contributed by atoms with Gasteiger partial charge < -0.3 is 14.5 Å². The van der Waals surface area contributed by atoms with Gasteiger partial charge in [0.2, 0.25) is 0 Å². The number of rotatable bonds is 6. The predicted molar refractivity (Wildman–Crippen MR) is 68.1 cm³/mol. The Morgan fingerprint density at radius 2 is 2.11 bits per heavy atom. The summed E-state index contributed by atoms with van der Waals surface area (Å²) in [5.74, 6) is 0. The monoisotopic (exact) mass is 292 g/mol. The molecule has 0 saturated heterocycles. The fourth-order valence-electron chi connectivity index (χ4n) is 1.47. The molecular weight excluding hydrogens is 275 g/mol. The van der Waals surface area contributed by atoms with Crippen LogP contribution < -0.4 is 11.2 Å². The van der Waals surface area contributed by atoms with Gasteiger partial charge in [0.15, 0.2) is 0 Å². The summed E-state index contributed by atoms with van der Waals surface area (Å²) in [6.45, 7) is 3.10. The zero-order valence-electron chi connectivity index (χ0n) is 10.7. The molecule has 0 aliphatic heterocycles. The van der Waals surface area contributed by atoms with Crippen LogP contribution in [-0.4, -0.2) is 31.6 Å². The lowest BCUT2D eigenvalue weighted by Crippen LogP contribution is -2.32. The van der Waals surface area contributed by atoms with E-state index in [9.17, 15) is 14.2 Å². The number of aromatic nitrogens is 2. The minimum absolute atomic E-state index is 0.172. The third-order valence-corrected chi connectivity index (χ3v) is 3.42. The van der Waals surface area contributed by atoms with E-state index < -0.39 is 31.1 Å². The number of hydrogen-bond donors (Lipinski definition) is 3. The molecule has 0 radical (unpaired) electrons. The zero-order chi connectivity index (χ0) is 14.6. The van der Waals surface area contributed by atoms with Gasteiger partial charge >= 0.3 is 13.3 Å². The highest BCUT2D eigenvalue weighted by molar-refractivity contribution is 7.51. The number of aryl methyl sites for hydroxylation is 1. The highest BCUT2D eigenvalue weighted by Crippen LogP contribution is 2.36. The quantitative estimate of drug-likeness (QED) is 0.623. The fraction of sp³-hybridized carbons (Fsp3) is 0.600. The van der Waals surface area contributed by atoms with Crippen LogP contribution in [0.15, 0.2) is 15.8 Å². The largest absolute Gasteiger partial charge is 0.357 e. The molecule has 1 atom stereocenters. The Morgan fingerprint density at radius 1 is 1.47 bits per heavy atom. The summed E-state index contributed by atoms with van der Waals surface area (Å²) in [5, 5.41) is 0. The topological polar surface area (TPSA) is 122 Å². The summed E-state index contributed by atoms with van der Waals surface area (Å²) >= 11 is 0. The van der Waals surface area contributed by atoms with Crippen molar-refractivity contribution in [3.63, 3.8) is 0 Å². The summed E-state index contributed by atoms with van der Waals surface area (Å²) < 4.78 is 17.3. The molecule has 0 aliphatic rings. The van der Waals surface area contributed by atoms with Gasteiger partial charge in [-0.2, -0.15) is 0 Å². The van der Waals surface area contributed by atoms with Crippen molar-refractivity contribution < 1.29 is 19.1 Å². The van der Waals surface area contributed by atoms with E-state index in [2.05, 4.69) is 4.98 Å². The van der Waals surface area contributed by atoms with E-state index in [1.807, 2.05) is 0 Å². The van der Waals surface area contributed by atoms with Gasteiger partial charge in [0.25, 0.3) is 5.56 Å². The van der Waals surface area contributed by atoms with Gasteiger partial charge in [-0.3, -0.25) is 18.9 Å². The van der Waals surface area contributed by atoms with Crippen molar-refractivity contribution in [2.24, 2.45) is 0 Å². The molecule has 108 valence electrons. The van der Waals surface area contributed by atoms with E-state index >= 15 is 0 Å². The summed E-state index contributed by atoms with van der Waals surface area (Å²) in [5.41, 5.74) is -0.739. The van der Waals surface area contributed by atoms with Crippen LogP contribution in [0.4, 0.5) is 0 Å². The first kappa shape index (κ1) is 15.8. The van der Waals surface area contributed by atoms with Crippen molar-refractivity contribution in [1.82, 2.24) is 9.55 Å². The highest BCUT2D eigenvalue weighted by Gasteiger charge is 2.21. The van der Waals surface area contributed by atoms with E-state index in [-0.39, 0.29) is 6.73 Å². The molecule has 1 aromatic rings. The third-order valence-electron chi connectivity index (χ3n) is 2.54. The van der Waals surface area contributed by atoms with Gasteiger partial charge in [-0.05, 0) is 13.3 Å². The van der Waals surface area contributed by atoms with Crippen LogP contribution in [0.5, 0.6) is 0 Å². The Bertz CT molecular complexity index is 586. The molecule has 3 N–H and O–H groups in total. The number of H-pyrrole nitrogens is 1. The molecule has 0 fully saturated rings. The molecule has 1 aromatic heterocycles. The lowest BCUT2D eigenvalue weighted by Gasteiger charge is -2.17. The van der Waals surface area contributed by atoms with Crippen LogP contribution in [0.1, 0.15) is 18.9 Å². The maximum atomic E-state index is 11.5. The third kappa shape index (κ3) is 5.12. The lowest BCUT2D eigenvalue weighted by atomic mass is 10.3. The summed E-state index contributed by atoms with van der Waals surface area (Å²) in [4.78, 5) is 42.5. The Kier molecular flexibility index (Phi) is 5.25.